The van der Waals surface area contributed by atoms with Gasteiger partial charge in [-0.3, -0.25) is 4.79 Å². The lowest BCUT2D eigenvalue weighted by molar-refractivity contribution is 0.0902. The maximum Gasteiger partial charge on any atom is 0.261 e. The Labute approximate surface area is 112 Å². The van der Waals surface area contributed by atoms with Gasteiger partial charge in [-0.1, -0.05) is 0 Å². The van der Waals surface area contributed by atoms with E-state index in [1.54, 1.807) is 11.3 Å². The number of carbonyl (C=O) groups is 1. The minimum Gasteiger partial charge on any atom is -0.345 e. The highest BCUT2D eigenvalue weighted by Crippen LogP contribution is 2.39. The SMILES string of the molecule is CC(CN)(NC(=O)c1cc2c(s1)CCC2)C1CC1. The molecule has 18 heavy (non-hydrogen) atoms. The van der Waals surface area contributed by atoms with Crippen LogP contribution in [0.25, 0.3) is 0 Å². The van der Waals surface area contributed by atoms with Crippen molar-refractivity contribution in [3.05, 3.63) is 21.4 Å². The summed E-state index contributed by atoms with van der Waals surface area (Å²) in [5.74, 6) is 0.632. The number of aryl methyl sites for hydroxylation is 2. The number of fused-ring (bicyclic) bond motifs is 1. The van der Waals surface area contributed by atoms with E-state index in [0.29, 0.717) is 12.5 Å². The minimum absolute atomic E-state index is 0.0641. The number of hydrogen-bond acceptors (Lipinski definition) is 3. The van der Waals surface area contributed by atoms with Gasteiger partial charge in [0.2, 0.25) is 0 Å². The standard InChI is InChI=1S/C14H20N2OS/c1-14(8-15,10-5-6-10)16-13(17)12-7-9-3-2-4-11(9)18-12/h7,10H,2-6,8,15H2,1H3,(H,16,17). The van der Waals surface area contributed by atoms with Gasteiger partial charge in [0.05, 0.1) is 10.4 Å². The lowest BCUT2D eigenvalue weighted by atomic mass is 9.96. The summed E-state index contributed by atoms with van der Waals surface area (Å²) in [6.45, 7) is 2.60. The van der Waals surface area contributed by atoms with Gasteiger partial charge in [0.25, 0.3) is 5.91 Å². The first-order valence-corrected chi connectivity index (χ1v) is 7.58. The molecule has 2 aliphatic rings. The van der Waals surface area contributed by atoms with Crippen LogP contribution in [0.3, 0.4) is 0 Å². The third-order valence-electron chi connectivity index (χ3n) is 4.27. The van der Waals surface area contributed by atoms with Crippen LogP contribution >= 0.6 is 11.3 Å². The van der Waals surface area contributed by atoms with E-state index < -0.39 is 0 Å². The molecule has 0 radical (unpaired) electrons. The fourth-order valence-corrected chi connectivity index (χ4v) is 3.95. The maximum absolute atomic E-state index is 12.3. The molecule has 2 aliphatic carbocycles. The molecule has 3 nitrogen and oxygen atoms in total. The van der Waals surface area contributed by atoms with Gasteiger partial charge in [0.1, 0.15) is 0 Å². The molecule has 4 heteroatoms. The number of amides is 1. The first-order valence-electron chi connectivity index (χ1n) is 6.76. The van der Waals surface area contributed by atoms with E-state index >= 15 is 0 Å². The fourth-order valence-electron chi connectivity index (χ4n) is 2.80. The molecule has 3 N–H and O–H groups in total. The molecular weight excluding hydrogens is 244 g/mol. The second kappa shape index (κ2) is 4.35. The molecule has 1 unspecified atom stereocenters. The van der Waals surface area contributed by atoms with Gasteiger partial charge in [-0.2, -0.15) is 0 Å². The molecule has 98 valence electrons. The van der Waals surface area contributed by atoms with Gasteiger partial charge in [0.15, 0.2) is 0 Å². The number of hydrogen-bond donors (Lipinski definition) is 2. The summed E-state index contributed by atoms with van der Waals surface area (Å²) in [4.78, 5) is 14.6. The lowest BCUT2D eigenvalue weighted by Gasteiger charge is -2.29. The topological polar surface area (TPSA) is 55.1 Å². The minimum atomic E-state index is -0.217. The third-order valence-corrected chi connectivity index (χ3v) is 5.51. The molecule has 1 heterocycles. The van der Waals surface area contributed by atoms with E-state index in [9.17, 15) is 4.79 Å². The van der Waals surface area contributed by atoms with Crippen LogP contribution in [-0.4, -0.2) is 18.0 Å². The Morgan fingerprint density at radius 3 is 2.94 bits per heavy atom. The van der Waals surface area contributed by atoms with E-state index in [-0.39, 0.29) is 11.4 Å². The van der Waals surface area contributed by atoms with Gasteiger partial charge in [0, 0.05) is 11.4 Å². The highest BCUT2D eigenvalue weighted by molar-refractivity contribution is 7.14. The van der Waals surface area contributed by atoms with Gasteiger partial charge >= 0.3 is 0 Å². The first-order chi connectivity index (χ1) is 8.62. The van der Waals surface area contributed by atoms with Crippen molar-refractivity contribution in [1.82, 2.24) is 5.32 Å². The van der Waals surface area contributed by atoms with Gasteiger partial charge in [-0.25, -0.2) is 0 Å². The fraction of sp³-hybridized carbons (Fsp3) is 0.643. The zero-order valence-corrected chi connectivity index (χ0v) is 11.6. The summed E-state index contributed by atoms with van der Waals surface area (Å²) >= 11 is 1.66. The molecule has 1 aromatic heterocycles. The van der Waals surface area contributed by atoms with E-state index in [1.807, 2.05) is 0 Å². The molecule has 1 saturated carbocycles. The Morgan fingerprint density at radius 2 is 2.33 bits per heavy atom. The number of thiophene rings is 1. The van der Waals surface area contributed by atoms with Crippen molar-refractivity contribution in [3.8, 4) is 0 Å². The number of rotatable bonds is 4. The zero-order valence-electron chi connectivity index (χ0n) is 10.8. The number of nitrogens with two attached hydrogens (primary N) is 1. The molecular formula is C14H20N2OS. The molecule has 0 aromatic carbocycles. The van der Waals surface area contributed by atoms with Crippen molar-refractivity contribution in [3.63, 3.8) is 0 Å². The Morgan fingerprint density at radius 1 is 1.56 bits per heavy atom. The summed E-state index contributed by atoms with van der Waals surface area (Å²) < 4.78 is 0. The second-order valence-corrected chi connectivity index (χ2v) is 6.90. The Kier molecular flexibility index (Phi) is 2.94. The van der Waals surface area contributed by atoms with Gasteiger partial charge in [-0.05, 0) is 56.6 Å². The average molecular weight is 264 g/mol. The summed E-state index contributed by atoms with van der Waals surface area (Å²) in [5, 5.41) is 3.16. The lowest BCUT2D eigenvalue weighted by Crippen LogP contribution is -2.53. The second-order valence-electron chi connectivity index (χ2n) is 5.76. The van der Waals surface area contributed by atoms with E-state index in [0.717, 1.165) is 17.7 Å². The zero-order chi connectivity index (χ0) is 12.8. The maximum atomic E-state index is 12.3. The molecule has 0 aliphatic heterocycles. The predicted molar refractivity (Wildman–Crippen MR) is 74.0 cm³/mol. The van der Waals surface area contributed by atoms with Crippen molar-refractivity contribution in [2.75, 3.05) is 6.54 Å². The Hall–Kier alpha value is -0.870. The van der Waals surface area contributed by atoms with Crippen LogP contribution in [0, 0.1) is 5.92 Å². The van der Waals surface area contributed by atoms with Crippen LogP contribution < -0.4 is 11.1 Å². The summed E-state index contributed by atoms with van der Waals surface area (Å²) in [5.41, 5.74) is 7.00. The number of nitrogens with one attached hydrogen (secondary N) is 1. The monoisotopic (exact) mass is 264 g/mol. The summed E-state index contributed by atoms with van der Waals surface area (Å²) in [6.07, 6.45) is 5.90. The molecule has 1 aromatic rings. The Bertz CT molecular complexity index is 457. The van der Waals surface area contributed by atoms with Crippen molar-refractivity contribution >= 4 is 17.2 Å². The van der Waals surface area contributed by atoms with Crippen LogP contribution in [0.4, 0.5) is 0 Å². The highest BCUT2D eigenvalue weighted by Gasteiger charge is 2.41. The van der Waals surface area contributed by atoms with Crippen LogP contribution in [-0.2, 0) is 12.8 Å². The van der Waals surface area contributed by atoms with Crippen molar-refractivity contribution < 1.29 is 4.79 Å². The number of carbonyl (C=O) groups excluding carboxylic acids is 1. The average Bonchev–Trinajstić information content (AvgIpc) is 2.98. The van der Waals surface area contributed by atoms with Crippen molar-refractivity contribution in [2.45, 2.75) is 44.6 Å². The summed E-state index contributed by atoms with van der Waals surface area (Å²) in [7, 11) is 0. The predicted octanol–water partition coefficient (Wildman–Crippen LogP) is 2.09. The smallest absolute Gasteiger partial charge is 0.261 e. The molecule has 1 atom stereocenters. The normalized spacial score (nSPS) is 21.4. The van der Waals surface area contributed by atoms with Crippen LogP contribution in [0.1, 0.15) is 46.3 Å². The molecule has 3 rings (SSSR count). The molecule has 0 bridgehead atoms. The highest BCUT2D eigenvalue weighted by atomic mass is 32.1. The first kappa shape index (κ1) is 12.2. The van der Waals surface area contributed by atoms with Crippen LogP contribution in [0.15, 0.2) is 6.07 Å². The van der Waals surface area contributed by atoms with Crippen LogP contribution in [0.5, 0.6) is 0 Å². The molecule has 1 fully saturated rings. The Balaban J connectivity index is 1.73. The summed E-state index contributed by atoms with van der Waals surface area (Å²) in [6, 6.07) is 2.08. The quantitative estimate of drug-likeness (QED) is 0.875. The largest absolute Gasteiger partial charge is 0.345 e. The van der Waals surface area contributed by atoms with Crippen LogP contribution in [0.2, 0.25) is 0 Å². The van der Waals surface area contributed by atoms with Crippen molar-refractivity contribution in [2.24, 2.45) is 11.7 Å². The van der Waals surface area contributed by atoms with E-state index in [4.69, 9.17) is 5.73 Å². The van der Waals surface area contributed by atoms with Gasteiger partial charge < -0.3 is 11.1 Å². The van der Waals surface area contributed by atoms with E-state index in [1.165, 1.54) is 29.7 Å². The molecule has 0 saturated heterocycles. The molecule has 0 spiro atoms. The third kappa shape index (κ3) is 2.08. The van der Waals surface area contributed by atoms with Gasteiger partial charge in [-0.15, -0.1) is 11.3 Å². The van der Waals surface area contributed by atoms with E-state index in [2.05, 4.69) is 18.3 Å². The molecule has 1 amide bonds. The van der Waals surface area contributed by atoms with Crippen molar-refractivity contribution in [1.29, 1.82) is 0 Å².